The van der Waals surface area contributed by atoms with Crippen molar-refractivity contribution in [3.05, 3.63) is 52.3 Å². The minimum atomic E-state index is -0.221. The number of pyridine rings is 1. The highest BCUT2D eigenvalue weighted by Crippen LogP contribution is 2.23. The van der Waals surface area contributed by atoms with E-state index in [1.165, 1.54) is 0 Å². The van der Waals surface area contributed by atoms with Crippen LogP contribution in [0.25, 0.3) is 11.3 Å². The first kappa shape index (κ1) is 15.8. The van der Waals surface area contributed by atoms with Gasteiger partial charge in [0.05, 0.1) is 18.4 Å². The predicted molar refractivity (Wildman–Crippen MR) is 88.6 cm³/mol. The smallest absolute Gasteiger partial charge is 0.262 e. The largest absolute Gasteiger partial charge is 0.497 e. The van der Waals surface area contributed by atoms with E-state index in [2.05, 4.69) is 6.92 Å². The van der Waals surface area contributed by atoms with Gasteiger partial charge in [-0.2, -0.15) is 0 Å². The van der Waals surface area contributed by atoms with Gasteiger partial charge in [-0.15, -0.1) is 0 Å². The summed E-state index contributed by atoms with van der Waals surface area (Å²) in [6.07, 6.45) is 1.87. The Morgan fingerprint density at radius 1 is 1.32 bits per heavy atom. The summed E-state index contributed by atoms with van der Waals surface area (Å²) in [5.74, 6) is 0.537. The molecule has 0 radical (unpaired) electrons. The van der Waals surface area contributed by atoms with Crippen molar-refractivity contribution in [3.63, 3.8) is 0 Å². The van der Waals surface area contributed by atoms with Crippen LogP contribution < -0.4 is 16.0 Å². The minimum Gasteiger partial charge on any atom is -0.497 e. The third-order valence-corrected chi connectivity index (χ3v) is 3.57. The molecule has 2 aromatic rings. The van der Waals surface area contributed by atoms with E-state index in [0.29, 0.717) is 6.54 Å². The zero-order chi connectivity index (χ0) is 16.1. The molecule has 0 fully saturated rings. The van der Waals surface area contributed by atoms with Crippen molar-refractivity contribution >= 4 is 5.84 Å². The maximum atomic E-state index is 12.6. The van der Waals surface area contributed by atoms with Crippen LogP contribution in [0.1, 0.15) is 25.3 Å². The first-order chi connectivity index (χ1) is 10.6. The lowest BCUT2D eigenvalue weighted by Gasteiger charge is -2.15. The van der Waals surface area contributed by atoms with Gasteiger partial charge in [-0.3, -0.25) is 10.2 Å². The number of nitrogens with one attached hydrogen (secondary N) is 1. The van der Waals surface area contributed by atoms with Gasteiger partial charge < -0.3 is 15.0 Å². The molecule has 0 amide bonds. The molecule has 22 heavy (non-hydrogen) atoms. The number of hydrogen-bond acceptors (Lipinski definition) is 3. The van der Waals surface area contributed by atoms with Gasteiger partial charge in [0.15, 0.2) is 0 Å². The molecule has 0 saturated carbocycles. The topological polar surface area (TPSA) is 81.1 Å². The predicted octanol–water partition coefficient (Wildman–Crippen LogP) is 2.61. The SMILES string of the molecule is CCCCn1c(-c2cccc(OC)c2)ccc(C(=N)N)c1=O. The molecule has 0 aliphatic rings. The summed E-state index contributed by atoms with van der Waals surface area (Å²) in [7, 11) is 1.61. The lowest BCUT2D eigenvalue weighted by atomic mass is 10.1. The van der Waals surface area contributed by atoms with Crippen LogP contribution in [0.15, 0.2) is 41.2 Å². The number of nitrogens with zero attached hydrogens (tertiary/aromatic N) is 1. The van der Waals surface area contributed by atoms with Gasteiger partial charge in [0.2, 0.25) is 0 Å². The molecule has 5 heteroatoms. The fourth-order valence-corrected chi connectivity index (χ4v) is 2.36. The summed E-state index contributed by atoms with van der Waals surface area (Å²) in [5.41, 5.74) is 7.23. The van der Waals surface area contributed by atoms with Crippen LogP contribution in [0.4, 0.5) is 0 Å². The van der Waals surface area contributed by atoms with E-state index in [4.69, 9.17) is 15.9 Å². The Hall–Kier alpha value is -2.56. The maximum Gasteiger partial charge on any atom is 0.262 e. The van der Waals surface area contributed by atoms with E-state index < -0.39 is 0 Å². The summed E-state index contributed by atoms with van der Waals surface area (Å²) in [6, 6.07) is 11.0. The second kappa shape index (κ2) is 6.93. The average molecular weight is 299 g/mol. The molecular formula is C17H21N3O2. The van der Waals surface area contributed by atoms with Crippen LogP contribution in [0.5, 0.6) is 5.75 Å². The van der Waals surface area contributed by atoms with Crippen molar-refractivity contribution in [3.8, 4) is 17.0 Å². The van der Waals surface area contributed by atoms with E-state index >= 15 is 0 Å². The summed E-state index contributed by atoms with van der Waals surface area (Å²) in [5, 5.41) is 7.53. The number of nitrogen functional groups attached to an aromatic ring is 1. The van der Waals surface area contributed by atoms with Crippen molar-refractivity contribution in [2.75, 3.05) is 7.11 Å². The molecule has 0 atom stereocenters. The number of methoxy groups -OCH3 is 1. The molecule has 1 aromatic heterocycles. The van der Waals surface area contributed by atoms with Crippen LogP contribution in [-0.4, -0.2) is 17.5 Å². The molecule has 0 saturated heterocycles. The number of benzene rings is 1. The van der Waals surface area contributed by atoms with Crippen LogP contribution >= 0.6 is 0 Å². The Bertz CT molecular complexity index is 735. The van der Waals surface area contributed by atoms with Crippen molar-refractivity contribution in [2.45, 2.75) is 26.3 Å². The highest BCUT2D eigenvalue weighted by molar-refractivity contribution is 5.94. The number of hydrogen-bond donors (Lipinski definition) is 2. The molecule has 1 aromatic carbocycles. The molecule has 0 aliphatic heterocycles. The van der Waals surface area contributed by atoms with E-state index in [-0.39, 0.29) is 17.0 Å². The Labute approximate surface area is 129 Å². The van der Waals surface area contributed by atoms with E-state index in [0.717, 1.165) is 29.8 Å². The maximum absolute atomic E-state index is 12.6. The van der Waals surface area contributed by atoms with Crippen LogP contribution in [-0.2, 0) is 6.54 Å². The second-order valence-corrected chi connectivity index (χ2v) is 5.09. The van der Waals surface area contributed by atoms with Crippen molar-refractivity contribution in [1.82, 2.24) is 4.57 Å². The Kier molecular flexibility index (Phi) is 4.99. The fourth-order valence-electron chi connectivity index (χ4n) is 2.36. The van der Waals surface area contributed by atoms with Gasteiger partial charge in [0.1, 0.15) is 11.6 Å². The second-order valence-electron chi connectivity index (χ2n) is 5.09. The number of rotatable bonds is 6. The lowest BCUT2D eigenvalue weighted by Crippen LogP contribution is -2.30. The summed E-state index contributed by atoms with van der Waals surface area (Å²) in [6.45, 7) is 2.67. The van der Waals surface area contributed by atoms with E-state index in [9.17, 15) is 4.79 Å². The fraction of sp³-hybridized carbons (Fsp3) is 0.294. The van der Waals surface area contributed by atoms with Crippen LogP contribution in [0.2, 0.25) is 0 Å². The normalized spacial score (nSPS) is 10.5. The number of unbranched alkanes of at least 4 members (excludes halogenated alkanes) is 1. The molecular weight excluding hydrogens is 278 g/mol. The van der Waals surface area contributed by atoms with Gasteiger partial charge in [-0.05, 0) is 30.7 Å². The first-order valence-electron chi connectivity index (χ1n) is 7.31. The average Bonchev–Trinajstić information content (AvgIpc) is 2.53. The van der Waals surface area contributed by atoms with Crippen molar-refractivity contribution in [1.29, 1.82) is 5.41 Å². The standard InChI is InChI=1S/C17H21N3O2/c1-3-4-10-20-15(9-8-14(16(18)19)17(20)21)12-6-5-7-13(11-12)22-2/h5-9,11H,3-4,10H2,1-2H3,(H3,18,19). The Morgan fingerprint density at radius 3 is 2.73 bits per heavy atom. The lowest BCUT2D eigenvalue weighted by molar-refractivity contribution is 0.415. The molecule has 2 rings (SSSR count). The first-order valence-corrected chi connectivity index (χ1v) is 7.31. The molecule has 5 nitrogen and oxygen atoms in total. The number of nitrogens with two attached hydrogens (primary N) is 1. The highest BCUT2D eigenvalue weighted by Gasteiger charge is 2.12. The van der Waals surface area contributed by atoms with E-state index in [1.54, 1.807) is 17.7 Å². The van der Waals surface area contributed by atoms with Gasteiger partial charge in [-0.1, -0.05) is 25.5 Å². The molecule has 0 bridgehead atoms. The summed E-state index contributed by atoms with van der Waals surface area (Å²) in [4.78, 5) is 12.6. The van der Waals surface area contributed by atoms with E-state index in [1.807, 2.05) is 30.3 Å². The summed E-state index contributed by atoms with van der Waals surface area (Å²) >= 11 is 0. The number of amidine groups is 1. The number of aromatic nitrogens is 1. The van der Waals surface area contributed by atoms with Crippen molar-refractivity contribution in [2.24, 2.45) is 5.73 Å². The monoisotopic (exact) mass is 299 g/mol. The summed E-state index contributed by atoms with van der Waals surface area (Å²) < 4.78 is 6.94. The minimum absolute atomic E-state index is 0.201. The Morgan fingerprint density at radius 2 is 2.09 bits per heavy atom. The molecule has 0 unspecified atom stereocenters. The molecule has 0 aliphatic carbocycles. The zero-order valence-electron chi connectivity index (χ0n) is 12.9. The van der Waals surface area contributed by atoms with Crippen LogP contribution in [0, 0.1) is 5.41 Å². The van der Waals surface area contributed by atoms with Gasteiger partial charge >= 0.3 is 0 Å². The Balaban J connectivity index is 2.61. The van der Waals surface area contributed by atoms with Gasteiger partial charge in [0, 0.05) is 12.1 Å². The molecule has 0 spiro atoms. The third-order valence-electron chi connectivity index (χ3n) is 3.57. The molecule has 1 heterocycles. The quantitative estimate of drug-likeness (QED) is 0.635. The molecule has 116 valence electrons. The molecule has 3 N–H and O–H groups in total. The van der Waals surface area contributed by atoms with Crippen molar-refractivity contribution < 1.29 is 4.74 Å². The van der Waals surface area contributed by atoms with Crippen LogP contribution in [0.3, 0.4) is 0 Å². The van der Waals surface area contributed by atoms with Gasteiger partial charge in [-0.25, -0.2) is 0 Å². The number of ether oxygens (including phenoxy) is 1. The third kappa shape index (κ3) is 3.19. The highest BCUT2D eigenvalue weighted by atomic mass is 16.5. The zero-order valence-corrected chi connectivity index (χ0v) is 12.9. The van der Waals surface area contributed by atoms with Gasteiger partial charge in [0.25, 0.3) is 5.56 Å².